The van der Waals surface area contributed by atoms with Crippen molar-refractivity contribution in [1.29, 1.82) is 0 Å². The third-order valence-electron chi connectivity index (χ3n) is 4.31. The summed E-state index contributed by atoms with van der Waals surface area (Å²) in [5.74, 6) is 0. The van der Waals surface area contributed by atoms with Crippen LogP contribution >= 0.6 is 7.82 Å². The van der Waals surface area contributed by atoms with E-state index in [2.05, 4.69) is 109 Å². The molecule has 0 saturated carbocycles. The molecule has 4 aromatic carbocycles. The van der Waals surface area contributed by atoms with Crippen LogP contribution in [0, 0.1) is 0 Å². The minimum Gasteiger partial charge on any atom is -0.303 e. The molecule has 4 aromatic rings. The van der Waals surface area contributed by atoms with Gasteiger partial charge in [0.1, 0.15) is 0 Å². The average molecular weight is 404 g/mol. The van der Waals surface area contributed by atoms with Crippen LogP contribution in [0.3, 0.4) is 0 Å². The first kappa shape index (κ1) is 20.7. The molecule has 0 atom stereocenters. The molecular weight excluding hydrogens is 383 g/mol. The number of rotatable bonds is 3. The minimum atomic E-state index is -4.64. The maximum absolute atomic E-state index is 8.88. The fourth-order valence-electron chi connectivity index (χ4n) is 3.17. The second-order valence-electron chi connectivity index (χ2n) is 6.34. The molecule has 0 bridgehead atoms. The lowest BCUT2D eigenvalue weighted by atomic mass is 9.89. The molecule has 4 rings (SSSR count). The Balaban J connectivity index is 0.000000431. The maximum Gasteiger partial charge on any atom is 0.466 e. The second-order valence-corrected chi connectivity index (χ2v) is 7.36. The predicted molar refractivity (Wildman–Crippen MR) is 117 cm³/mol. The van der Waals surface area contributed by atoms with Gasteiger partial charge < -0.3 is 14.7 Å². The van der Waals surface area contributed by atoms with E-state index in [0.29, 0.717) is 0 Å². The van der Waals surface area contributed by atoms with E-state index in [0.717, 1.165) is 0 Å². The molecule has 0 heterocycles. The molecule has 0 fully saturated rings. The second kappa shape index (κ2) is 9.46. The van der Waals surface area contributed by atoms with E-state index in [1.165, 1.54) is 33.4 Å². The first-order valence-electron chi connectivity index (χ1n) is 9.01. The molecule has 0 unspecified atom stereocenters. The van der Waals surface area contributed by atoms with E-state index in [4.69, 9.17) is 19.2 Å². The van der Waals surface area contributed by atoms with Gasteiger partial charge in [-0.1, -0.05) is 109 Å². The van der Waals surface area contributed by atoms with Gasteiger partial charge in [-0.3, -0.25) is 0 Å². The predicted octanol–water partition coefficient (Wildman–Crippen LogP) is 5.76. The Kier molecular flexibility index (Phi) is 6.76. The van der Waals surface area contributed by atoms with Crippen molar-refractivity contribution in [1.82, 2.24) is 0 Å². The van der Waals surface area contributed by atoms with Crippen molar-refractivity contribution in [2.24, 2.45) is 0 Å². The summed E-state index contributed by atoms with van der Waals surface area (Å²) < 4.78 is 8.88. The van der Waals surface area contributed by atoms with Crippen LogP contribution in [0.4, 0.5) is 0 Å². The molecule has 0 spiro atoms. The van der Waals surface area contributed by atoms with Crippen molar-refractivity contribution < 1.29 is 19.2 Å². The van der Waals surface area contributed by atoms with Crippen molar-refractivity contribution >= 4 is 7.82 Å². The molecule has 0 aromatic heterocycles. The fraction of sp³-hybridized carbons (Fsp3) is 0. The lowest BCUT2D eigenvalue weighted by molar-refractivity contribution is 0.275. The average Bonchev–Trinajstić information content (AvgIpc) is 2.74. The third kappa shape index (κ3) is 5.98. The molecule has 3 N–H and O–H groups in total. The summed E-state index contributed by atoms with van der Waals surface area (Å²) in [6.07, 6.45) is 0. The van der Waals surface area contributed by atoms with Gasteiger partial charge in [-0.15, -0.1) is 0 Å². The Morgan fingerprint density at radius 2 is 0.655 bits per heavy atom. The van der Waals surface area contributed by atoms with Crippen LogP contribution in [0.25, 0.3) is 33.4 Å². The number of hydrogen-bond donors (Lipinski definition) is 3. The van der Waals surface area contributed by atoms with E-state index in [-0.39, 0.29) is 0 Å². The largest absolute Gasteiger partial charge is 0.466 e. The molecule has 4 nitrogen and oxygen atoms in total. The summed E-state index contributed by atoms with van der Waals surface area (Å²) >= 11 is 0. The molecule has 0 radical (unpaired) electrons. The lowest BCUT2D eigenvalue weighted by Crippen LogP contribution is -1.88. The van der Waals surface area contributed by atoms with Gasteiger partial charge in [0, 0.05) is 0 Å². The Labute approximate surface area is 170 Å². The number of hydrogen-bond acceptors (Lipinski definition) is 1. The zero-order valence-electron chi connectivity index (χ0n) is 15.6. The number of benzene rings is 4. The topological polar surface area (TPSA) is 77.8 Å². The molecule has 0 aliphatic heterocycles. The normalized spacial score (nSPS) is 10.7. The highest BCUT2D eigenvalue weighted by atomic mass is 31.2. The van der Waals surface area contributed by atoms with Crippen LogP contribution in [-0.2, 0) is 4.57 Å². The van der Waals surface area contributed by atoms with E-state index in [1.807, 2.05) is 0 Å². The zero-order chi connectivity index (χ0) is 20.7. The van der Waals surface area contributed by atoms with Crippen LogP contribution in [0.5, 0.6) is 0 Å². The Hall–Kier alpha value is -3.01. The van der Waals surface area contributed by atoms with Gasteiger partial charge in [0.25, 0.3) is 0 Å². The first-order valence-corrected chi connectivity index (χ1v) is 10.6. The monoisotopic (exact) mass is 404 g/mol. The maximum atomic E-state index is 8.88. The smallest absolute Gasteiger partial charge is 0.303 e. The van der Waals surface area contributed by atoms with Gasteiger partial charge in [0.15, 0.2) is 0 Å². The van der Waals surface area contributed by atoms with Crippen LogP contribution in [0.1, 0.15) is 0 Å². The Bertz CT molecular complexity index is 1020. The molecule has 29 heavy (non-hydrogen) atoms. The Morgan fingerprint density at radius 1 is 0.414 bits per heavy atom. The first-order chi connectivity index (χ1) is 13.9. The molecule has 5 heteroatoms. The van der Waals surface area contributed by atoms with Crippen molar-refractivity contribution in [2.45, 2.75) is 0 Å². The van der Waals surface area contributed by atoms with E-state index < -0.39 is 7.82 Å². The van der Waals surface area contributed by atoms with Gasteiger partial charge in [-0.25, -0.2) is 4.57 Å². The quantitative estimate of drug-likeness (QED) is 0.380. The summed E-state index contributed by atoms with van der Waals surface area (Å²) in [6, 6.07) is 38.4. The fourth-order valence-corrected chi connectivity index (χ4v) is 3.17. The molecule has 0 saturated heterocycles. The summed E-state index contributed by atoms with van der Waals surface area (Å²) in [4.78, 5) is 21.6. The standard InChI is InChI=1S/C24H18.H3O4P/c1-3-11-19(12-4-1)21-15-7-9-17-23(21)24-18-10-8-16-22(24)20-13-5-2-6-14-20;1-5(2,3)4/h1-18H;(H3,1,2,3,4). The Morgan fingerprint density at radius 3 is 0.966 bits per heavy atom. The summed E-state index contributed by atoms with van der Waals surface area (Å²) in [7, 11) is -4.64. The molecule has 0 aliphatic rings. The minimum absolute atomic E-state index is 1.25. The highest BCUT2D eigenvalue weighted by Gasteiger charge is 2.11. The number of phosphoric acid groups is 1. The van der Waals surface area contributed by atoms with E-state index in [1.54, 1.807) is 0 Å². The van der Waals surface area contributed by atoms with Crippen LogP contribution in [0.2, 0.25) is 0 Å². The van der Waals surface area contributed by atoms with Crippen molar-refractivity contribution in [3.63, 3.8) is 0 Å². The molecule has 146 valence electrons. The highest BCUT2D eigenvalue weighted by molar-refractivity contribution is 7.45. The van der Waals surface area contributed by atoms with Gasteiger partial charge in [-0.2, -0.15) is 0 Å². The van der Waals surface area contributed by atoms with Crippen LogP contribution < -0.4 is 0 Å². The molecular formula is C24H21O4P. The third-order valence-corrected chi connectivity index (χ3v) is 4.31. The van der Waals surface area contributed by atoms with Gasteiger partial charge in [0.05, 0.1) is 0 Å². The van der Waals surface area contributed by atoms with E-state index >= 15 is 0 Å². The highest BCUT2D eigenvalue weighted by Crippen LogP contribution is 2.37. The SMILES string of the molecule is O=P(O)(O)O.c1ccc(-c2ccccc2-c2ccccc2-c2ccccc2)cc1. The van der Waals surface area contributed by atoms with Crippen molar-refractivity contribution in [2.75, 3.05) is 0 Å². The van der Waals surface area contributed by atoms with Crippen LogP contribution in [-0.4, -0.2) is 14.7 Å². The van der Waals surface area contributed by atoms with Gasteiger partial charge in [-0.05, 0) is 33.4 Å². The summed E-state index contributed by atoms with van der Waals surface area (Å²) in [6.45, 7) is 0. The van der Waals surface area contributed by atoms with E-state index in [9.17, 15) is 0 Å². The van der Waals surface area contributed by atoms with Gasteiger partial charge in [0.2, 0.25) is 0 Å². The van der Waals surface area contributed by atoms with Crippen LogP contribution in [0.15, 0.2) is 109 Å². The summed E-state index contributed by atoms with van der Waals surface area (Å²) in [5, 5.41) is 0. The van der Waals surface area contributed by atoms with Crippen molar-refractivity contribution in [3.05, 3.63) is 109 Å². The van der Waals surface area contributed by atoms with Crippen molar-refractivity contribution in [3.8, 4) is 33.4 Å². The molecule has 0 amide bonds. The lowest BCUT2D eigenvalue weighted by Gasteiger charge is -2.14. The van der Waals surface area contributed by atoms with Gasteiger partial charge >= 0.3 is 7.82 Å². The molecule has 0 aliphatic carbocycles. The zero-order valence-corrected chi connectivity index (χ0v) is 16.5. The summed E-state index contributed by atoms with van der Waals surface area (Å²) in [5.41, 5.74) is 7.56.